The lowest BCUT2D eigenvalue weighted by Gasteiger charge is -2.34. The minimum atomic E-state index is 0.107. The molecule has 2 rings (SSSR count). The maximum atomic E-state index is 12.3. The first-order chi connectivity index (χ1) is 9.30. The summed E-state index contributed by atoms with van der Waals surface area (Å²) in [5.41, 5.74) is 3.39. The number of carbonyl (C=O) groups is 1. The number of rotatable bonds is 4. The molecule has 0 bridgehead atoms. The van der Waals surface area contributed by atoms with Crippen LogP contribution in [0.5, 0.6) is 0 Å². The zero-order chi connectivity index (χ0) is 14.9. The van der Waals surface area contributed by atoms with Crippen LogP contribution in [0.4, 0.5) is 0 Å². The topological polar surface area (TPSA) is 31.2 Å². The van der Waals surface area contributed by atoms with E-state index in [1.807, 2.05) is 27.0 Å². The van der Waals surface area contributed by atoms with Crippen LogP contribution in [-0.4, -0.2) is 23.1 Å². The van der Waals surface area contributed by atoms with Crippen molar-refractivity contribution in [2.45, 2.75) is 59.5 Å². The number of Topliss-reactive ketones (excluding diaryl/α,β-unsaturated/α-hetero) is 1. The van der Waals surface area contributed by atoms with Gasteiger partial charge in [-0.1, -0.05) is 13.8 Å². The molecule has 0 atom stereocenters. The normalized spacial score (nSPS) is 19.2. The lowest BCUT2D eigenvalue weighted by molar-refractivity contribution is 0.00860. The summed E-state index contributed by atoms with van der Waals surface area (Å²) in [6.07, 6.45) is 4.79. The van der Waals surface area contributed by atoms with Gasteiger partial charge in [-0.2, -0.15) is 0 Å². The van der Waals surface area contributed by atoms with Crippen LogP contribution in [0.25, 0.3) is 0 Å². The minimum Gasteiger partial charge on any atom is -0.370 e. The van der Waals surface area contributed by atoms with E-state index in [0.29, 0.717) is 5.41 Å². The Kier molecular flexibility index (Phi) is 4.38. The molecule has 1 aromatic heterocycles. The van der Waals surface area contributed by atoms with Crippen LogP contribution in [0.3, 0.4) is 0 Å². The van der Waals surface area contributed by atoms with Crippen molar-refractivity contribution in [3.63, 3.8) is 0 Å². The second kappa shape index (κ2) is 5.72. The second-order valence-electron chi connectivity index (χ2n) is 6.94. The first-order valence-electron chi connectivity index (χ1n) is 7.58. The third kappa shape index (κ3) is 3.32. The molecule has 3 nitrogen and oxygen atoms in total. The SMILES string of the molecule is Cc1cc(C(=O)COC2CCC(C)(C)CC2)c(C)n1C. The van der Waals surface area contributed by atoms with Crippen LogP contribution in [-0.2, 0) is 11.8 Å². The molecular weight excluding hydrogens is 250 g/mol. The molecule has 20 heavy (non-hydrogen) atoms. The van der Waals surface area contributed by atoms with E-state index in [4.69, 9.17) is 4.74 Å². The lowest BCUT2D eigenvalue weighted by atomic mass is 9.76. The van der Waals surface area contributed by atoms with E-state index in [0.717, 1.165) is 29.8 Å². The van der Waals surface area contributed by atoms with E-state index in [2.05, 4.69) is 18.4 Å². The van der Waals surface area contributed by atoms with Gasteiger partial charge in [0.25, 0.3) is 0 Å². The summed E-state index contributed by atoms with van der Waals surface area (Å²) < 4.78 is 7.89. The molecule has 0 N–H and O–H groups in total. The van der Waals surface area contributed by atoms with Crippen LogP contribution in [0.15, 0.2) is 6.07 Å². The number of aromatic nitrogens is 1. The largest absolute Gasteiger partial charge is 0.370 e. The third-order valence-electron chi connectivity index (χ3n) is 4.81. The first-order valence-corrected chi connectivity index (χ1v) is 7.58. The Bertz CT molecular complexity index is 489. The Labute approximate surface area is 122 Å². The Balaban J connectivity index is 1.88. The summed E-state index contributed by atoms with van der Waals surface area (Å²) in [6, 6.07) is 1.96. The van der Waals surface area contributed by atoms with Gasteiger partial charge >= 0.3 is 0 Å². The predicted molar refractivity (Wildman–Crippen MR) is 81.2 cm³/mol. The van der Waals surface area contributed by atoms with Crippen molar-refractivity contribution in [1.29, 1.82) is 0 Å². The molecule has 3 heteroatoms. The number of aryl methyl sites for hydroxylation is 1. The van der Waals surface area contributed by atoms with Gasteiger partial charge in [-0.05, 0) is 51.0 Å². The third-order valence-corrected chi connectivity index (χ3v) is 4.81. The van der Waals surface area contributed by atoms with E-state index in [-0.39, 0.29) is 18.5 Å². The highest BCUT2D eigenvalue weighted by atomic mass is 16.5. The standard InChI is InChI=1S/C17H27NO2/c1-12-10-15(13(2)18(12)5)16(19)11-20-14-6-8-17(3,4)9-7-14/h10,14H,6-9,11H2,1-5H3. The molecule has 0 unspecified atom stereocenters. The number of hydrogen-bond donors (Lipinski definition) is 0. The van der Waals surface area contributed by atoms with Crippen molar-refractivity contribution < 1.29 is 9.53 Å². The number of ketones is 1. The summed E-state index contributed by atoms with van der Waals surface area (Å²) in [7, 11) is 1.99. The van der Waals surface area contributed by atoms with Gasteiger partial charge in [0.1, 0.15) is 6.61 Å². The van der Waals surface area contributed by atoms with Gasteiger partial charge in [0, 0.05) is 24.0 Å². The highest BCUT2D eigenvalue weighted by molar-refractivity contribution is 5.98. The smallest absolute Gasteiger partial charge is 0.190 e. The average molecular weight is 277 g/mol. The Morgan fingerprint density at radius 1 is 1.35 bits per heavy atom. The van der Waals surface area contributed by atoms with E-state index in [1.165, 1.54) is 12.8 Å². The molecule has 0 aliphatic heterocycles. The highest BCUT2D eigenvalue weighted by Crippen LogP contribution is 2.36. The average Bonchev–Trinajstić information content (AvgIpc) is 2.65. The van der Waals surface area contributed by atoms with Gasteiger partial charge in [-0.25, -0.2) is 0 Å². The van der Waals surface area contributed by atoms with Gasteiger partial charge in [-0.15, -0.1) is 0 Å². The highest BCUT2D eigenvalue weighted by Gasteiger charge is 2.27. The number of nitrogens with zero attached hydrogens (tertiary/aromatic N) is 1. The van der Waals surface area contributed by atoms with Gasteiger partial charge in [0.05, 0.1) is 6.10 Å². The fourth-order valence-electron chi connectivity index (χ4n) is 2.95. The molecule has 0 amide bonds. The van der Waals surface area contributed by atoms with Crippen molar-refractivity contribution in [1.82, 2.24) is 4.57 Å². The molecule has 1 aliphatic rings. The molecule has 1 aromatic rings. The second-order valence-corrected chi connectivity index (χ2v) is 6.94. The monoisotopic (exact) mass is 277 g/mol. The Morgan fingerprint density at radius 2 is 1.95 bits per heavy atom. The zero-order valence-corrected chi connectivity index (χ0v) is 13.5. The van der Waals surface area contributed by atoms with Crippen LogP contribution in [0.2, 0.25) is 0 Å². The van der Waals surface area contributed by atoms with Crippen molar-refractivity contribution in [2.24, 2.45) is 12.5 Å². The molecule has 1 aliphatic carbocycles. The Morgan fingerprint density at radius 3 is 2.45 bits per heavy atom. The molecule has 0 radical (unpaired) electrons. The Hall–Kier alpha value is -1.09. The summed E-state index contributed by atoms with van der Waals surface area (Å²) in [6.45, 7) is 8.85. The van der Waals surface area contributed by atoms with Gasteiger partial charge in [0.2, 0.25) is 0 Å². The predicted octanol–water partition coefficient (Wildman–Crippen LogP) is 3.81. The fraction of sp³-hybridized carbons (Fsp3) is 0.706. The van der Waals surface area contributed by atoms with E-state index in [1.54, 1.807) is 0 Å². The summed E-state index contributed by atoms with van der Waals surface area (Å²) in [4.78, 5) is 12.3. The van der Waals surface area contributed by atoms with Crippen molar-refractivity contribution in [3.05, 3.63) is 23.0 Å². The first kappa shape index (κ1) is 15.3. The van der Waals surface area contributed by atoms with Crippen molar-refractivity contribution in [2.75, 3.05) is 6.61 Å². The zero-order valence-electron chi connectivity index (χ0n) is 13.5. The van der Waals surface area contributed by atoms with Crippen LogP contribution in [0, 0.1) is 19.3 Å². The van der Waals surface area contributed by atoms with E-state index in [9.17, 15) is 4.79 Å². The quantitative estimate of drug-likeness (QED) is 0.784. The van der Waals surface area contributed by atoms with Gasteiger partial charge in [0.15, 0.2) is 5.78 Å². The maximum Gasteiger partial charge on any atom is 0.190 e. The summed E-state index contributed by atoms with van der Waals surface area (Å²) in [5, 5.41) is 0. The lowest BCUT2D eigenvalue weighted by Crippen LogP contribution is -2.28. The molecule has 0 aromatic carbocycles. The summed E-state index contributed by atoms with van der Waals surface area (Å²) in [5.74, 6) is 0.107. The molecule has 0 saturated heterocycles. The summed E-state index contributed by atoms with van der Waals surface area (Å²) >= 11 is 0. The fourth-order valence-corrected chi connectivity index (χ4v) is 2.95. The van der Waals surface area contributed by atoms with Gasteiger partial charge in [-0.3, -0.25) is 4.79 Å². The molecule has 1 fully saturated rings. The van der Waals surface area contributed by atoms with Crippen molar-refractivity contribution in [3.8, 4) is 0 Å². The van der Waals surface area contributed by atoms with Crippen LogP contribution < -0.4 is 0 Å². The number of ether oxygens (including phenoxy) is 1. The molecule has 0 spiro atoms. The molecule has 1 saturated carbocycles. The molecule has 1 heterocycles. The van der Waals surface area contributed by atoms with Crippen molar-refractivity contribution >= 4 is 5.78 Å². The number of hydrogen-bond acceptors (Lipinski definition) is 2. The van der Waals surface area contributed by atoms with E-state index < -0.39 is 0 Å². The minimum absolute atomic E-state index is 0.107. The van der Waals surface area contributed by atoms with Crippen LogP contribution >= 0.6 is 0 Å². The van der Waals surface area contributed by atoms with E-state index >= 15 is 0 Å². The molecule has 112 valence electrons. The maximum absolute atomic E-state index is 12.3. The van der Waals surface area contributed by atoms with Crippen LogP contribution in [0.1, 0.15) is 61.3 Å². The number of carbonyl (C=O) groups excluding carboxylic acids is 1. The van der Waals surface area contributed by atoms with Gasteiger partial charge < -0.3 is 9.30 Å². The molecular formula is C17H27NO2.